The second-order valence-electron chi connectivity index (χ2n) is 14.0. The molecule has 0 radical (unpaired) electrons. The fourth-order valence-corrected chi connectivity index (χ4v) is 9.76. The van der Waals surface area contributed by atoms with Gasteiger partial charge in [-0.05, 0) is 53.8 Å². The number of hydrogen-bond donors (Lipinski definition) is 3. The number of furan rings is 1. The number of aliphatic imine (C=N–C) groups is 1. The summed E-state index contributed by atoms with van der Waals surface area (Å²) in [6, 6.07) is 37.3. The van der Waals surface area contributed by atoms with Crippen molar-refractivity contribution in [3.05, 3.63) is 162 Å². The molecular formula is C45H35N4OS+. The number of quaternary nitrogens is 1. The summed E-state index contributed by atoms with van der Waals surface area (Å²) in [5.41, 5.74) is 10.5. The van der Waals surface area contributed by atoms with Crippen LogP contribution in [-0.4, -0.2) is 18.0 Å². The number of anilines is 1. The highest BCUT2D eigenvalue weighted by atomic mass is 32.1. The number of nitrogens with zero attached hydrogens (tertiary/aromatic N) is 1. The van der Waals surface area contributed by atoms with E-state index in [2.05, 4.69) is 143 Å². The summed E-state index contributed by atoms with van der Waals surface area (Å²) in [6.07, 6.45) is 15.8. The van der Waals surface area contributed by atoms with Crippen LogP contribution < -0.4 is 16.0 Å². The van der Waals surface area contributed by atoms with Gasteiger partial charge in [0.25, 0.3) is 0 Å². The first-order chi connectivity index (χ1) is 25.2. The first-order valence-electron chi connectivity index (χ1n) is 17.9. The third-order valence-corrected chi connectivity index (χ3v) is 12.2. The second kappa shape index (κ2) is 11.4. The lowest BCUT2D eigenvalue weighted by atomic mass is 9.87. The molecule has 2 aliphatic carbocycles. The van der Waals surface area contributed by atoms with Crippen LogP contribution in [0, 0.1) is 0 Å². The number of fused-ring (bicyclic) bond motifs is 9. The van der Waals surface area contributed by atoms with Gasteiger partial charge in [-0.1, -0.05) is 115 Å². The van der Waals surface area contributed by atoms with Crippen molar-refractivity contribution in [1.82, 2.24) is 5.32 Å². The number of amidine groups is 1. The van der Waals surface area contributed by atoms with Crippen molar-refractivity contribution in [3.8, 4) is 11.1 Å². The summed E-state index contributed by atoms with van der Waals surface area (Å²) in [7, 11) is 0. The molecule has 0 fully saturated rings. The van der Waals surface area contributed by atoms with E-state index in [-0.39, 0.29) is 24.3 Å². The molecule has 11 rings (SSSR count). The van der Waals surface area contributed by atoms with E-state index in [1.54, 1.807) is 0 Å². The van der Waals surface area contributed by atoms with Crippen LogP contribution >= 0.6 is 11.3 Å². The lowest BCUT2D eigenvalue weighted by molar-refractivity contribution is -0.724. The van der Waals surface area contributed by atoms with Crippen molar-refractivity contribution < 1.29 is 9.73 Å². The standard InChI is InChI=1S/C45H34N4OS/c1-2-10-26(11-3-1)43-47-44(49-45(48-43)35-16-9-19-40-41(35)34-13-5-7-18-39(34)51-40)28-21-23-31-30-22-20-27(24-36(30)46-37(31)25-28)29-14-8-15-33-32-12-4-6-17-38(32)50-42(29)33/h1-2,4-10,12-25,31,37,44-46,49H,3,11H2,(H,47,48)/p+1. The van der Waals surface area contributed by atoms with Gasteiger partial charge in [0.1, 0.15) is 17.0 Å². The normalized spacial score (nSPS) is 22.4. The number of nitrogens with two attached hydrogens (primary N) is 1. The summed E-state index contributed by atoms with van der Waals surface area (Å²) in [6.45, 7) is 0. The molecule has 246 valence electrons. The van der Waals surface area contributed by atoms with Crippen LogP contribution in [-0.2, 0) is 0 Å². The van der Waals surface area contributed by atoms with Crippen molar-refractivity contribution in [1.29, 1.82) is 0 Å². The van der Waals surface area contributed by atoms with E-state index in [0.29, 0.717) is 0 Å². The molecule has 4 unspecified atom stereocenters. The van der Waals surface area contributed by atoms with Crippen LogP contribution in [0.25, 0.3) is 53.2 Å². The summed E-state index contributed by atoms with van der Waals surface area (Å²) < 4.78 is 9.05. The molecule has 4 N–H and O–H groups in total. The molecule has 0 bridgehead atoms. The molecule has 0 spiro atoms. The van der Waals surface area contributed by atoms with E-state index in [9.17, 15) is 0 Å². The number of allylic oxidation sites excluding steroid dienone is 3. The highest BCUT2D eigenvalue weighted by molar-refractivity contribution is 7.25. The molecule has 6 heteroatoms. The molecule has 4 atom stereocenters. The highest BCUT2D eigenvalue weighted by Crippen LogP contribution is 2.44. The van der Waals surface area contributed by atoms with Crippen molar-refractivity contribution in [2.75, 3.05) is 5.32 Å². The number of hydrogen-bond acceptors (Lipinski definition) is 5. The lowest BCUT2D eigenvalue weighted by Crippen LogP contribution is -2.95. The first kappa shape index (κ1) is 29.1. The fourth-order valence-electron chi connectivity index (χ4n) is 8.62. The van der Waals surface area contributed by atoms with E-state index in [0.717, 1.165) is 51.7 Å². The Bertz CT molecular complexity index is 2720. The molecule has 0 saturated carbocycles. The van der Waals surface area contributed by atoms with Gasteiger partial charge in [0.2, 0.25) is 6.17 Å². The summed E-state index contributed by atoms with van der Waals surface area (Å²) in [5.74, 6) is 1.29. The average Bonchev–Trinajstić information content (AvgIpc) is 3.88. The molecule has 5 aromatic carbocycles. The Kier molecular flexibility index (Phi) is 6.51. The Labute approximate surface area is 299 Å². The zero-order valence-corrected chi connectivity index (χ0v) is 28.7. The van der Waals surface area contributed by atoms with Gasteiger partial charge in [-0.2, -0.15) is 0 Å². The molecule has 2 aromatic heterocycles. The van der Waals surface area contributed by atoms with Gasteiger partial charge >= 0.3 is 0 Å². The van der Waals surface area contributed by atoms with Crippen molar-refractivity contribution in [2.45, 2.75) is 37.1 Å². The van der Waals surface area contributed by atoms with Gasteiger partial charge < -0.3 is 15.1 Å². The van der Waals surface area contributed by atoms with E-state index in [1.165, 1.54) is 48.1 Å². The van der Waals surface area contributed by atoms with Crippen LogP contribution in [0.5, 0.6) is 0 Å². The fraction of sp³-hybridized carbons (Fsp3) is 0.133. The maximum absolute atomic E-state index is 6.40. The van der Waals surface area contributed by atoms with Crippen LogP contribution in [0.2, 0.25) is 0 Å². The molecule has 4 heterocycles. The predicted octanol–water partition coefficient (Wildman–Crippen LogP) is 9.86. The van der Waals surface area contributed by atoms with Crippen molar-refractivity contribution >= 4 is 65.0 Å². The van der Waals surface area contributed by atoms with Gasteiger partial charge in [0.05, 0.1) is 6.04 Å². The minimum Gasteiger partial charge on any atom is -0.455 e. The predicted molar refractivity (Wildman–Crippen MR) is 211 cm³/mol. The third-order valence-electron chi connectivity index (χ3n) is 11.1. The molecule has 4 aliphatic rings. The maximum atomic E-state index is 6.40. The van der Waals surface area contributed by atoms with Gasteiger partial charge in [0.15, 0.2) is 6.17 Å². The smallest absolute Gasteiger partial charge is 0.209 e. The molecule has 7 aromatic rings. The van der Waals surface area contributed by atoms with E-state index in [4.69, 9.17) is 9.41 Å². The zero-order chi connectivity index (χ0) is 33.5. The van der Waals surface area contributed by atoms with Gasteiger partial charge in [-0.15, -0.1) is 11.3 Å². The Hall–Kier alpha value is -5.69. The van der Waals surface area contributed by atoms with E-state index < -0.39 is 0 Å². The number of rotatable bonds is 4. The van der Waals surface area contributed by atoms with Gasteiger partial charge in [0, 0.05) is 59.3 Å². The molecule has 2 aliphatic heterocycles. The number of thiophene rings is 1. The Morgan fingerprint density at radius 3 is 2.61 bits per heavy atom. The first-order valence-corrected chi connectivity index (χ1v) is 18.7. The number of nitrogens with one attached hydrogen (secondary N) is 2. The Balaban J connectivity index is 0.943. The van der Waals surface area contributed by atoms with Gasteiger partial charge in [-0.3, -0.25) is 5.32 Å². The van der Waals surface area contributed by atoms with Crippen molar-refractivity contribution in [2.24, 2.45) is 4.99 Å². The SMILES string of the molecule is C1=CCCC(C2=NC(C3=CC4Nc5cc(-c6cccc7c6oc6ccccc67)ccc5C4C=C3)[NH2+]C(c3cccc4sc5ccccc5c34)N2)=C1. The lowest BCUT2D eigenvalue weighted by Gasteiger charge is -2.32. The van der Waals surface area contributed by atoms with Crippen molar-refractivity contribution in [3.63, 3.8) is 0 Å². The second-order valence-corrected chi connectivity index (χ2v) is 15.1. The zero-order valence-electron chi connectivity index (χ0n) is 27.8. The van der Waals surface area contributed by atoms with Crippen LogP contribution in [0.4, 0.5) is 5.69 Å². The number of para-hydroxylation sites is 2. The summed E-state index contributed by atoms with van der Waals surface area (Å²) in [4.78, 5) is 5.39. The van der Waals surface area contributed by atoms with E-state index in [1.807, 2.05) is 23.5 Å². The molecular weight excluding hydrogens is 645 g/mol. The molecule has 0 amide bonds. The monoisotopic (exact) mass is 679 g/mol. The van der Waals surface area contributed by atoms with Crippen LogP contribution in [0.3, 0.4) is 0 Å². The maximum Gasteiger partial charge on any atom is 0.209 e. The largest absolute Gasteiger partial charge is 0.455 e. The minimum atomic E-state index is -0.0674. The quantitative estimate of drug-likeness (QED) is 0.174. The van der Waals surface area contributed by atoms with Gasteiger partial charge in [-0.25, -0.2) is 4.99 Å². The molecule has 51 heavy (non-hydrogen) atoms. The molecule has 5 nitrogen and oxygen atoms in total. The minimum absolute atomic E-state index is 0.0280. The topological polar surface area (TPSA) is 66.2 Å². The summed E-state index contributed by atoms with van der Waals surface area (Å²) >= 11 is 1.87. The molecule has 0 saturated heterocycles. The van der Waals surface area contributed by atoms with Crippen LogP contribution in [0.15, 0.2) is 160 Å². The Morgan fingerprint density at radius 2 is 1.67 bits per heavy atom. The number of benzene rings is 5. The third kappa shape index (κ3) is 4.67. The average molecular weight is 680 g/mol. The summed E-state index contributed by atoms with van der Waals surface area (Å²) in [5, 5.41) is 15.2. The Morgan fingerprint density at radius 1 is 0.804 bits per heavy atom. The highest BCUT2D eigenvalue weighted by Gasteiger charge is 2.37. The van der Waals surface area contributed by atoms with E-state index >= 15 is 0 Å². The van der Waals surface area contributed by atoms with Crippen LogP contribution in [0.1, 0.15) is 36.1 Å².